The summed E-state index contributed by atoms with van der Waals surface area (Å²) in [4.78, 5) is 22.3. The van der Waals surface area contributed by atoms with Crippen LogP contribution in [0.3, 0.4) is 0 Å². The van der Waals surface area contributed by atoms with E-state index < -0.39 is 0 Å². The second kappa shape index (κ2) is 10.6. The third-order valence-electron chi connectivity index (χ3n) is 6.64. The largest absolute Gasteiger partial charge is 0.351 e. The van der Waals surface area contributed by atoms with Gasteiger partial charge in [-0.3, -0.25) is 9.69 Å². The summed E-state index contributed by atoms with van der Waals surface area (Å²) in [7, 11) is 0. The first-order valence-electron chi connectivity index (χ1n) is 12.3. The smallest absolute Gasteiger partial charge is 0.251 e. The molecule has 0 radical (unpaired) electrons. The number of carbonyl (C=O) groups excluding carboxylic acids is 1. The molecule has 1 amide bonds. The van der Waals surface area contributed by atoms with Crippen molar-refractivity contribution in [3.63, 3.8) is 0 Å². The molecule has 5 rings (SSSR count). The maximum atomic E-state index is 12.6. The first-order valence-corrected chi connectivity index (χ1v) is 13.1. The summed E-state index contributed by atoms with van der Waals surface area (Å²) in [6, 6.07) is 22.8. The van der Waals surface area contributed by atoms with Crippen LogP contribution in [0.1, 0.15) is 32.6 Å². The molecule has 0 aliphatic carbocycles. The number of nitrogens with one attached hydrogen (secondary N) is 1. The van der Waals surface area contributed by atoms with E-state index in [4.69, 9.17) is 4.98 Å². The van der Waals surface area contributed by atoms with Crippen LogP contribution >= 0.6 is 11.3 Å². The minimum absolute atomic E-state index is 0.00460. The molecular weight excluding hydrogens is 452 g/mol. The lowest BCUT2D eigenvalue weighted by Crippen LogP contribution is -2.48. The number of nitrogens with zero attached hydrogens (tertiary/aromatic N) is 3. The number of anilines is 1. The van der Waals surface area contributed by atoms with Crippen LogP contribution in [0.2, 0.25) is 0 Å². The number of piperazine rings is 1. The van der Waals surface area contributed by atoms with Crippen molar-refractivity contribution in [2.75, 3.05) is 44.2 Å². The molecule has 1 fully saturated rings. The first kappa shape index (κ1) is 23.5. The minimum Gasteiger partial charge on any atom is -0.351 e. The molecule has 1 aliphatic rings. The molecule has 0 atom stereocenters. The summed E-state index contributed by atoms with van der Waals surface area (Å²) in [6.07, 6.45) is 0.880. The van der Waals surface area contributed by atoms with Gasteiger partial charge in [-0.25, -0.2) is 4.98 Å². The van der Waals surface area contributed by atoms with Crippen molar-refractivity contribution in [3.8, 4) is 0 Å². The second-order valence-electron chi connectivity index (χ2n) is 9.37. The van der Waals surface area contributed by atoms with E-state index in [-0.39, 0.29) is 5.91 Å². The summed E-state index contributed by atoms with van der Waals surface area (Å²) < 4.78 is 1.27. The fourth-order valence-electron chi connectivity index (χ4n) is 4.69. The predicted molar refractivity (Wildman–Crippen MR) is 146 cm³/mol. The number of hydrogen-bond acceptors (Lipinski definition) is 5. The number of thiazole rings is 1. The zero-order valence-corrected chi connectivity index (χ0v) is 21.3. The summed E-state index contributed by atoms with van der Waals surface area (Å²) in [5.74, 6) is -0.00460. The van der Waals surface area contributed by atoms with Gasteiger partial charge < -0.3 is 10.2 Å². The van der Waals surface area contributed by atoms with Crippen molar-refractivity contribution in [2.24, 2.45) is 0 Å². The highest BCUT2D eigenvalue weighted by Crippen LogP contribution is 2.32. The average molecular weight is 485 g/mol. The van der Waals surface area contributed by atoms with E-state index in [9.17, 15) is 4.79 Å². The normalized spacial score (nSPS) is 14.4. The zero-order valence-electron chi connectivity index (χ0n) is 20.5. The fourth-order valence-corrected chi connectivity index (χ4v) is 5.89. The Bertz CT molecular complexity index is 1290. The van der Waals surface area contributed by atoms with Gasteiger partial charge in [0.1, 0.15) is 0 Å². The number of aryl methyl sites for hydroxylation is 2. The lowest BCUT2D eigenvalue weighted by atomic mass is 10.0. The number of carbonyl (C=O) groups is 1. The van der Waals surface area contributed by atoms with Crippen molar-refractivity contribution in [2.45, 2.75) is 20.3 Å². The van der Waals surface area contributed by atoms with E-state index in [2.05, 4.69) is 65.4 Å². The predicted octanol–water partition coefficient (Wildman–Crippen LogP) is 5.06. The molecule has 4 aromatic rings. The summed E-state index contributed by atoms with van der Waals surface area (Å²) in [5.41, 5.74) is 6.88. The van der Waals surface area contributed by atoms with Crippen LogP contribution in [-0.2, 0) is 6.42 Å². The average Bonchev–Trinajstić information content (AvgIpc) is 3.30. The molecular formula is C29H32N4OS. The van der Waals surface area contributed by atoms with Crippen molar-refractivity contribution in [1.29, 1.82) is 0 Å². The third kappa shape index (κ3) is 5.72. The van der Waals surface area contributed by atoms with Crippen molar-refractivity contribution in [1.82, 2.24) is 15.2 Å². The number of amides is 1. The van der Waals surface area contributed by atoms with Crippen LogP contribution in [0, 0.1) is 13.8 Å². The Morgan fingerprint density at radius 1 is 0.943 bits per heavy atom. The molecule has 5 nitrogen and oxygen atoms in total. The highest BCUT2D eigenvalue weighted by molar-refractivity contribution is 7.22. The monoisotopic (exact) mass is 484 g/mol. The molecule has 0 bridgehead atoms. The van der Waals surface area contributed by atoms with E-state index in [1.165, 1.54) is 27.0 Å². The number of aromatic nitrogens is 1. The zero-order chi connectivity index (χ0) is 24.2. The van der Waals surface area contributed by atoms with Crippen LogP contribution in [-0.4, -0.2) is 55.1 Å². The number of hydrogen-bond donors (Lipinski definition) is 1. The highest BCUT2D eigenvalue weighted by atomic mass is 32.1. The molecule has 1 aliphatic heterocycles. The number of fused-ring (bicyclic) bond motifs is 1. The first-order chi connectivity index (χ1) is 17.0. The SMILES string of the molecule is Cc1cc(C)c2nc(N3CCN(CCNC(=O)c4ccc(Cc5ccccc5)cc4)CC3)sc2c1. The molecule has 35 heavy (non-hydrogen) atoms. The van der Waals surface area contributed by atoms with Gasteiger partial charge >= 0.3 is 0 Å². The van der Waals surface area contributed by atoms with Gasteiger partial charge in [-0.1, -0.05) is 59.9 Å². The van der Waals surface area contributed by atoms with Gasteiger partial charge in [0.2, 0.25) is 0 Å². The van der Waals surface area contributed by atoms with Gasteiger partial charge in [0.15, 0.2) is 5.13 Å². The third-order valence-corrected chi connectivity index (χ3v) is 7.71. The molecule has 3 aromatic carbocycles. The molecule has 180 valence electrons. The van der Waals surface area contributed by atoms with Gasteiger partial charge in [0.25, 0.3) is 5.91 Å². The van der Waals surface area contributed by atoms with Crippen LogP contribution < -0.4 is 10.2 Å². The Morgan fingerprint density at radius 2 is 1.66 bits per heavy atom. The Labute approximate surface area is 211 Å². The second-order valence-corrected chi connectivity index (χ2v) is 10.4. The van der Waals surface area contributed by atoms with Gasteiger partial charge in [-0.05, 0) is 60.7 Å². The van der Waals surface area contributed by atoms with Gasteiger partial charge in [0.05, 0.1) is 10.2 Å². The molecule has 0 unspecified atom stereocenters. The lowest BCUT2D eigenvalue weighted by Gasteiger charge is -2.34. The highest BCUT2D eigenvalue weighted by Gasteiger charge is 2.20. The molecule has 2 heterocycles. The van der Waals surface area contributed by atoms with E-state index >= 15 is 0 Å². The molecule has 1 N–H and O–H groups in total. The van der Waals surface area contributed by atoms with Gasteiger partial charge in [-0.15, -0.1) is 0 Å². The Balaban J connectivity index is 1.07. The van der Waals surface area contributed by atoms with Crippen LogP contribution in [0.25, 0.3) is 10.2 Å². The lowest BCUT2D eigenvalue weighted by molar-refractivity contribution is 0.0948. The Hall–Kier alpha value is -3.22. The maximum Gasteiger partial charge on any atom is 0.251 e. The van der Waals surface area contributed by atoms with Crippen molar-refractivity contribution in [3.05, 3.63) is 94.5 Å². The topological polar surface area (TPSA) is 48.5 Å². The Kier molecular flexibility index (Phi) is 7.11. The molecule has 0 spiro atoms. The van der Waals surface area contributed by atoms with Crippen LogP contribution in [0.4, 0.5) is 5.13 Å². The quantitative estimate of drug-likeness (QED) is 0.399. The van der Waals surface area contributed by atoms with Gasteiger partial charge in [-0.2, -0.15) is 0 Å². The number of benzene rings is 3. The molecule has 1 saturated heterocycles. The standard InChI is InChI=1S/C29H32N4OS/c1-21-18-22(2)27-26(19-21)35-29(31-27)33-16-14-32(15-17-33)13-12-30-28(34)25-10-8-24(9-11-25)20-23-6-4-3-5-7-23/h3-11,18-19H,12-17,20H2,1-2H3,(H,30,34). The van der Waals surface area contributed by atoms with E-state index in [1.54, 1.807) is 11.3 Å². The van der Waals surface area contributed by atoms with Crippen molar-refractivity contribution < 1.29 is 4.79 Å². The van der Waals surface area contributed by atoms with Crippen molar-refractivity contribution >= 4 is 32.6 Å². The van der Waals surface area contributed by atoms with E-state index in [0.29, 0.717) is 12.1 Å². The maximum absolute atomic E-state index is 12.6. The molecule has 0 saturated carbocycles. The molecule has 6 heteroatoms. The summed E-state index contributed by atoms with van der Waals surface area (Å²) >= 11 is 1.79. The Morgan fingerprint density at radius 3 is 2.40 bits per heavy atom. The summed E-state index contributed by atoms with van der Waals surface area (Å²) in [6.45, 7) is 9.71. The summed E-state index contributed by atoms with van der Waals surface area (Å²) in [5, 5.41) is 4.21. The minimum atomic E-state index is -0.00460. The van der Waals surface area contributed by atoms with Crippen LogP contribution in [0.5, 0.6) is 0 Å². The fraction of sp³-hybridized carbons (Fsp3) is 0.310. The molecule has 1 aromatic heterocycles. The van der Waals surface area contributed by atoms with E-state index in [1.807, 2.05) is 30.3 Å². The van der Waals surface area contributed by atoms with E-state index in [0.717, 1.165) is 49.8 Å². The van der Waals surface area contributed by atoms with Gasteiger partial charge in [0, 0.05) is 44.8 Å². The van der Waals surface area contributed by atoms with Crippen LogP contribution in [0.15, 0.2) is 66.7 Å². The number of rotatable bonds is 7.